The topological polar surface area (TPSA) is 59.0 Å². The molecular weight excluding hydrogens is 192 g/mol. The summed E-state index contributed by atoms with van der Waals surface area (Å²) in [5.41, 5.74) is 0.893. The third kappa shape index (κ3) is 3.71. The molecule has 2 N–H and O–H groups in total. The highest BCUT2D eigenvalue weighted by atomic mass is 16.2. The Hall–Kier alpha value is -1.36. The van der Waals surface area contributed by atoms with Crippen LogP contribution in [0, 0.1) is 6.92 Å². The number of amides is 1. The normalized spacial score (nSPS) is 10.7. The minimum absolute atomic E-state index is 0.0494. The summed E-state index contributed by atoms with van der Waals surface area (Å²) in [5.74, 6) is 0.676. The van der Waals surface area contributed by atoms with Crippen molar-refractivity contribution >= 4 is 11.7 Å². The standard InChI is InChI=1S/C10H18N4O/c1-7(2)11-6-10(15)12-9-5-8(3)13-14(9)4/h5,7,11H,6H2,1-4H3,(H,12,15). The summed E-state index contributed by atoms with van der Waals surface area (Å²) in [6.07, 6.45) is 0. The molecule has 0 spiro atoms. The summed E-state index contributed by atoms with van der Waals surface area (Å²) < 4.78 is 1.66. The van der Waals surface area contributed by atoms with E-state index in [4.69, 9.17) is 0 Å². The van der Waals surface area contributed by atoms with Crippen molar-refractivity contribution in [3.05, 3.63) is 11.8 Å². The van der Waals surface area contributed by atoms with Gasteiger partial charge in [0.1, 0.15) is 5.82 Å². The molecule has 1 aromatic heterocycles. The zero-order valence-electron chi connectivity index (χ0n) is 9.66. The van der Waals surface area contributed by atoms with E-state index in [9.17, 15) is 4.79 Å². The van der Waals surface area contributed by atoms with E-state index in [1.165, 1.54) is 0 Å². The van der Waals surface area contributed by atoms with Gasteiger partial charge in [-0.3, -0.25) is 9.48 Å². The van der Waals surface area contributed by atoms with Gasteiger partial charge in [-0.1, -0.05) is 13.8 Å². The molecule has 0 saturated carbocycles. The summed E-state index contributed by atoms with van der Waals surface area (Å²) >= 11 is 0. The minimum Gasteiger partial charge on any atom is -0.310 e. The zero-order valence-corrected chi connectivity index (χ0v) is 9.66. The molecule has 84 valence electrons. The molecule has 0 aromatic carbocycles. The lowest BCUT2D eigenvalue weighted by molar-refractivity contribution is -0.115. The number of aromatic nitrogens is 2. The van der Waals surface area contributed by atoms with Gasteiger partial charge >= 0.3 is 0 Å². The number of hydrogen-bond acceptors (Lipinski definition) is 3. The lowest BCUT2D eigenvalue weighted by Gasteiger charge is -2.08. The Morgan fingerprint density at radius 2 is 2.27 bits per heavy atom. The molecule has 0 radical (unpaired) electrons. The minimum atomic E-state index is -0.0494. The van der Waals surface area contributed by atoms with Crippen LogP contribution >= 0.6 is 0 Å². The van der Waals surface area contributed by atoms with Gasteiger partial charge in [-0.15, -0.1) is 0 Å². The van der Waals surface area contributed by atoms with Crippen LogP contribution in [-0.4, -0.2) is 28.3 Å². The highest BCUT2D eigenvalue weighted by molar-refractivity contribution is 5.91. The maximum atomic E-state index is 11.5. The lowest BCUT2D eigenvalue weighted by atomic mass is 10.4. The fourth-order valence-electron chi connectivity index (χ4n) is 1.21. The highest BCUT2D eigenvalue weighted by Crippen LogP contribution is 2.07. The average molecular weight is 210 g/mol. The molecule has 0 aliphatic rings. The van der Waals surface area contributed by atoms with Crippen LogP contribution in [-0.2, 0) is 11.8 Å². The molecule has 1 amide bonds. The predicted molar refractivity (Wildman–Crippen MR) is 59.7 cm³/mol. The van der Waals surface area contributed by atoms with Gasteiger partial charge in [0.25, 0.3) is 0 Å². The molecule has 1 aromatic rings. The Kier molecular flexibility index (Phi) is 3.85. The number of hydrogen-bond donors (Lipinski definition) is 2. The van der Waals surface area contributed by atoms with Crippen LogP contribution in [0.15, 0.2) is 6.07 Å². The molecule has 0 fully saturated rings. The molecule has 15 heavy (non-hydrogen) atoms. The van der Waals surface area contributed by atoms with Crippen LogP contribution in [0.5, 0.6) is 0 Å². The maximum absolute atomic E-state index is 11.5. The second-order valence-electron chi connectivity index (χ2n) is 3.88. The first-order valence-electron chi connectivity index (χ1n) is 5.03. The van der Waals surface area contributed by atoms with Crippen molar-refractivity contribution in [2.24, 2.45) is 7.05 Å². The molecule has 1 rings (SSSR count). The number of nitrogens with one attached hydrogen (secondary N) is 2. The SMILES string of the molecule is Cc1cc(NC(=O)CNC(C)C)n(C)n1. The third-order valence-electron chi connectivity index (χ3n) is 1.94. The van der Waals surface area contributed by atoms with Crippen molar-refractivity contribution in [1.82, 2.24) is 15.1 Å². The summed E-state index contributed by atoms with van der Waals surface area (Å²) in [6.45, 7) is 6.22. The van der Waals surface area contributed by atoms with Crippen LogP contribution in [0.4, 0.5) is 5.82 Å². The number of nitrogens with zero attached hydrogens (tertiary/aromatic N) is 2. The summed E-state index contributed by atoms with van der Waals surface area (Å²) in [5, 5.41) is 9.98. The first-order chi connectivity index (χ1) is 6.99. The largest absolute Gasteiger partial charge is 0.310 e. The van der Waals surface area contributed by atoms with E-state index in [0.717, 1.165) is 11.5 Å². The Morgan fingerprint density at radius 1 is 1.60 bits per heavy atom. The van der Waals surface area contributed by atoms with Crippen molar-refractivity contribution in [3.8, 4) is 0 Å². The van der Waals surface area contributed by atoms with Crippen molar-refractivity contribution in [3.63, 3.8) is 0 Å². The number of carbonyl (C=O) groups excluding carboxylic acids is 1. The monoisotopic (exact) mass is 210 g/mol. The highest BCUT2D eigenvalue weighted by Gasteiger charge is 2.06. The number of rotatable bonds is 4. The maximum Gasteiger partial charge on any atom is 0.239 e. The third-order valence-corrected chi connectivity index (χ3v) is 1.94. The number of carbonyl (C=O) groups is 1. The first-order valence-corrected chi connectivity index (χ1v) is 5.03. The fourth-order valence-corrected chi connectivity index (χ4v) is 1.21. The zero-order chi connectivity index (χ0) is 11.4. The molecule has 5 heteroatoms. The molecule has 0 aliphatic carbocycles. The van der Waals surface area contributed by atoms with E-state index in [1.54, 1.807) is 11.7 Å². The Balaban J connectivity index is 2.48. The Labute approximate surface area is 89.9 Å². The predicted octanol–water partition coefficient (Wildman–Crippen LogP) is 0.665. The van der Waals surface area contributed by atoms with E-state index < -0.39 is 0 Å². The van der Waals surface area contributed by atoms with Crippen molar-refractivity contribution < 1.29 is 4.79 Å². The molecule has 1 heterocycles. The van der Waals surface area contributed by atoms with Gasteiger partial charge in [0, 0.05) is 19.2 Å². The van der Waals surface area contributed by atoms with Crippen molar-refractivity contribution in [2.75, 3.05) is 11.9 Å². The molecule has 0 saturated heterocycles. The van der Waals surface area contributed by atoms with Crippen molar-refractivity contribution in [2.45, 2.75) is 26.8 Å². The average Bonchev–Trinajstić information content (AvgIpc) is 2.42. The first kappa shape index (κ1) is 11.7. The quantitative estimate of drug-likeness (QED) is 0.767. The van der Waals surface area contributed by atoms with Crippen LogP contribution in [0.25, 0.3) is 0 Å². The second-order valence-corrected chi connectivity index (χ2v) is 3.88. The smallest absolute Gasteiger partial charge is 0.239 e. The molecule has 0 aliphatic heterocycles. The summed E-state index contributed by atoms with van der Waals surface area (Å²) in [4.78, 5) is 11.5. The fraction of sp³-hybridized carbons (Fsp3) is 0.600. The van der Waals surface area contributed by atoms with Gasteiger partial charge in [0.2, 0.25) is 5.91 Å². The van der Waals surface area contributed by atoms with E-state index >= 15 is 0 Å². The second kappa shape index (κ2) is 4.93. The van der Waals surface area contributed by atoms with Crippen LogP contribution in [0.2, 0.25) is 0 Å². The molecule has 5 nitrogen and oxygen atoms in total. The van der Waals surface area contributed by atoms with Gasteiger partial charge in [-0.05, 0) is 6.92 Å². The van der Waals surface area contributed by atoms with Gasteiger partial charge in [0.05, 0.1) is 12.2 Å². The van der Waals surface area contributed by atoms with Crippen LogP contribution in [0.1, 0.15) is 19.5 Å². The van der Waals surface area contributed by atoms with Crippen LogP contribution in [0.3, 0.4) is 0 Å². The van der Waals surface area contributed by atoms with E-state index in [-0.39, 0.29) is 5.91 Å². The molecule has 0 atom stereocenters. The van der Waals surface area contributed by atoms with Gasteiger partial charge in [0.15, 0.2) is 0 Å². The molecule has 0 bridgehead atoms. The number of anilines is 1. The lowest BCUT2D eigenvalue weighted by Crippen LogP contribution is -2.33. The van der Waals surface area contributed by atoms with Gasteiger partial charge in [-0.25, -0.2) is 0 Å². The summed E-state index contributed by atoms with van der Waals surface area (Å²) in [6, 6.07) is 2.15. The van der Waals surface area contributed by atoms with E-state index in [0.29, 0.717) is 12.6 Å². The van der Waals surface area contributed by atoms with Gasteiger partial charge < -0.3 is 10.6 Å². The van der Waals surface area contributed by atoms with E-state index in [1.807, 2.05) is 26.8 Å². The Bertz CT molecular complexity index is 343. The van der Waals surface area contributed by atoms with Crippen molar-refractivity contribution in [1.29, 1.82) is 0 Å². The van der Waals surface area contributed by atoms with Gasteiger partial charge in [-0.2, -0.15) is 5.10 Å². The Morgan fingerprint density at radius 3 is 2.73 bits per heavy atom. The van der Waals surface area contributed by atoms with E-state index in [2.05, 4.69) is 15.7 Å². The number of aryl methyl sites for hydroxylation is 2. The van der Waals surface area contributed by atoms with Crippen LogP contribution < -0.4 is 10.6 Å². The molecular formula is C10H18N4O. The molecule has 0 unspecified atom stereocenters. The summed E-state index contributed by atoms with van der Waals surface area (Å²) in [7, 11) is 1.80.